The van der Waals surface area contributed by atoms with E-state index < -0.39 is 0 Å². The van der Waals surface area contributed by atoms with E-state index in [0.29, 0.717) is 17.6 Å². The Bertz CT molecular complexity index is 411. The van der Waals surface area contributed by atoms with E-state index in [1.807, 2.05) is 18.2 Å². The summed E-state index contributed by atoms with van der Waals surface area (Å²) in [4.78, 5) is 0. The summed E-state index contributed by atoms with van der Waals surface area (Å²) in [5, 5.41) is 12.2. The molecule has 120 valence electrons. The molecule has 1 unspecified atom stereocenters. The Morgan fingerprint density at radius 3 is 2.90 bits per heavy atom. The summed E-state index contributed by atoms with van der Waals surface area (Å²) in [5.41, 5.74) is 1.14. The highest BCUT2D eigenvalue weighted by Gasteiger charge is 2.14. The van der Waals surface area contributed by atoms with Gasteiger partial charge in [0.15, 0.2) is 11.5 Å². The lowest BCUT2D eigenvalue weighted by molar-refractivity contribution is 0.110. The van der Waals surface area contributed by atoms with Crippen LogP contribution in [-0.2, 0) is 11.3 Å². The maximum atomic E-state index is 8.78. The molecule has 1 fully saturated rings. The first-order chi connectivity index (χ1) is 9.83. The van der Waals surface area contributed by atoms with Crippen LogP contribution in [0.5, 0.6) is 11.5 Å². The zero-order chi connectivity index (χ0) is 14.2. The van der Waals surface area contributed by atoms with Crippen molar-refractivity contribution in [3.8, 4) is 11.5 Å². The minimum absolute atomic E-state index is 0. The van der Waals surface area contributed by atoms with E-state index in [9.17, 15) is 0 Å². The van der Waals surface area contributed by atoms with E-state index in [1.54, 1.807) is 7.11 Å². The summed E-state index contributed by atoms with van der Waals surface area (Å²) in [7, 11) is 1.62. The van der Waals surface area contributed by atoms with Gasteiger partial charge in [-0.05, 0) is 30.5 Å². The second kappa shape index (κ2) is 9.84. The van der Waals surface area contributed by atoms with Gasteiger partial charge in [-0.3, -0.25) is 0 Å². The van der Waals surface area contributed by atoms with Crippen LogP contribution in [-0.4, -0.2) is 44.7 Å². The lowest BCUT2D eigenvalue weighted by Crippen LogP contribution is -2.25. The number of hydrogen-bond donors (Lipinski definition) is 2. The number of nitrogens with one attached hydrogen (secondary N) is 1. The summed E-state index contributed by atoms with van der Waals surface area (Å²) in [6.07, 6.45) is 2.66. The van der Waals surface area contributed by atoms with Gasteiger partial charge in [0, 0.05) is 19.7 Å². The predicted octanol–water partition coefficient (Wildman–Crippen LogP) is 1.76. The van der Waals surface area contributed by atoms with E-state index in [1.165, 1.54) is 0 Å². The number of hydrogen-bond acceptors (Lipinski definition) is 5. The normalized spacial score (nSPS) is 17.3. The van der Waals surface area contributed by atoms with E-state index >= 15 is 0 Å². The topological polar surface area (TPSA) is 60.0 Å². The molecule has 1 aliphatic rings. The number of benzene rings is 1. The number of rotatable bonds is 8. The minimum Gasteiger partial charge on any atom is -0.493 e. The molecule has 0 radical (unpaired) electrons. The average Bonchev–Trinajstić information content (AvgIpc) is 2.99. The standard InChI is InChI=1S/C15H23NO4.ClH/c1-18-15-9-12(4-5-14(15)20-8-6-17)10-16-11-13-3-2-7-19-13;/h4-5,9,13,16-17H,2-3,6-8,10-11H2,1H3;1H. The van der Waals surface area contributed by atoms with Crippen LogP contribution in [0.2, 0.25) is 0 Å². The number of aliphatic hydroxyl groups is 1. The van der Waals surface area contributed by atoms with E-state index in [-0.39, 0.29) is 25.6 Å². The molecule has 6 heteroatoms. The maximum absolute atomic E-state index is 8.78. The summed E-state index contributed by atoms with van der Waals surface area (Å²) >= 11 is 0. The number of ether oxygens (including phenoxy) is 3. The van der Waals surface area contributed by atoms with Crippen molar-refractivity contribution in [3.63, 3.8) is 0 Å². The molecule has 1 aromatic carbocycles. The Kier molecular flexibility index (Phi) is 8.45. The quantitative estimate of drug-likeness (QED) is 0.765. The van der Waals surface area contributed by atoms with Gasteiger partial charge >= 0.3 is 0 Å². The molecule has 5 nitrogen and oxygen atoms in total. The van der Waals surface area contributed by atoms with Gasteiger partial charge in [-0.15, -0.1) is 12.4 Å². The fourth-order valence-electron chi connectivity index (χ4n) is 2.28. The first-order valence-corrected chi connectivity index (χ1v) is 7.06. The van der Waals surface area contributed by atoms with Crippen molar-refractivity contribution in [3.05, 3.63) is 23.8 Å². The molecule has 0 saturated carbocycles. The third-order valence-electron chi connectivity index (χ3n) is 3.30. The molecule has 1 heterocycles. The first-order valence-electron chi connectivity index (χ1n) is 7.06. The monoisotopic (exact) mass is 317 g/mol. The molecule has 0 aromatic heterocycles. The zero-order valence-electron chi connectivity index (χ0n) is 12.3. The maximum Gasteiger partial charge on any atom is 0.161 e. The molecule has 0 bridgehead atoms. The van der Waals surface area contributed by atoms with Gasteiger partial charge in [0.2, 0.25) is 0 Å². The molecular weight excluding hydrogens is 294 g/mol. The Hall–Kier alpha value is -1.01. The number of halogens is 1. The lowest BCUT2D eigenvalue weighted by Gasteiger charge is -2.13. The second-order valence-corrected chi connectivity index (χ2v) is 4.82. The van der Waals surface area contributed by atoms with Crippen molar-refractivity contribution in [2.45, 2.75) is 25.5 Å². The van der Waals surface area contributed by atoms with Crippen molar-refractivity contribution in [1.29, 1.82) is 0 Å². The van der Waals surface area contributed by atoms with Gasteiger partial charge in [0.1, 0.15) is 6.61 Å². The molecule has 1 saturated heterocycles. The number of aliphatic hydroxyl groups excluding tert-OH is 1. The van der Waals surface area contributed by atoms with Crippen molar-refractivity contribution in [2.24, 2.45) is 0 Å². The minimum atomic E-state index is -0.00610. The predicted molar refractivity (Wildman–Crippen MR) is 83.5 cm³/mol. The van der Waals surface area contributed by atoms with Crippen LogP contribution in [0.4, 0.5) is 0 Å². The van der Waals surface area contributed by atoms with Gasteiger partial charge < -0.3 is 24.6 Å². The Morgan fingerprint density at radius 1 is 1.38 bits per heavy atom. The van der Waals surface area contributed by atoms with Crippen LogP contribution in [0.15, 0.2) is 18.2 Å². The van der Waals surface area contributed by atoms with Crippen LogP contribution in [0, 0.1) is 0 Å². The highest BCUT2D eigenvalue weighted by atomic mass is 35.5. The number of methoxy groups -OCH3 is 1. The van der Waals surface area contributed by atoms with E-state index in [0.717, 1.165) is 38.1 Å². The highest BCUT2D eigenvalue weighted by Crippen LogP contribution is 2.28. The third kappa shape index (κ3) is 5.71. The fourth-order valence-corrected chi connectivity index (χ4v) is 2.28. The smallest absolute Gasteiger partial charge is 0.161 e. The van der Waals surface area contributed by atoms with Crippen molar-refractivity contribution >= 4 is 12.4 Å². The Labute approximate surface area is 132 Å². The molecule has 0 spiro atoms. The summed E-state index contributed by atoms with van der Waals surface area (Å²) in [5.74, 6) is 1.35. The van der Waals surface area contributed by atoms with E-state index in [2.05, 4.69) is 5.32 Å². The van der Waals surface area contributed by atoms with Gasteiger partial charge in [0.25, 0.3) is 0 Å². The van der Waals surface area contributed by atoms with Crippen LogP contribution >= 0.6 is 12.4 Å². The summed E-state index contributed by atoms with van der Waals surface area (Å²) in [6.45, 7) is 2.81. The summed E-state index contributed by atoms with van der Waals surface area (Å²) in [6, 6.07) is 5.82. The molecule has 1 aromatic rings. The fraction of sp³-hybridized carbons (Fsp3) is 0.600. The SMILES string of the molecule is COc1cc(CNCC2CCCO2)ccc1OCCO.Cl. The third-order valence-corrected chi connectivity index (χ3v) is 3.30. The van der Waals surface area contributed by atoms with Crippen LogP contribution in [0.1, 0.15) is 18.4 Å². The van der Waals surface area contributed by atoms with Gasteiger partial charge in [-0.1, -0.05) is 6.07 Å². The van der Waals surface area contributed by atoms with Crippen molar-refractivity contribution < 1.29 is 19.3 Å². The molecular formula is C15H24ClNO4. The highest BCUT2D eigenvalue weighted by molar-refractivity contribution is 5.85. The van der Waals surface area contributed by atoms with E-state index in [4.69, 9.17) is 19.3 Å². The van der Waals surface area contributed by atoms with Crippen LogP contribution in [0.25, 0.3) is 0 Å². The molecule has 2 rings (SSSR count). The van der Waals surface area contributed by atoms with Gasteiger partial charge in [-0.2, -0.15) is 0 Å². The largest absolute Gasteiger partial charge is 0.493 e. The molecule has 1 atom stereocenters. The Balaban J connectivity index is 0.00000220. The van der Waals surface area contributed by atoms with Gasteiger partial charge in [0.05, 0.1) is 19.8 Å². The summed E-state index contributed by atoms with van der Waals surface area (Å²) < 4.78 is 16.3. The van der Waals surface area contributed by atoms with Crippen molar-refractivity contribution in [2.75, 3.05) is 33.5 Å². The first kappa shape index (κ1) is 18.0. The molecule has 2 N–H and O–H groups in total. The Morgan fingerprint density at radius 2 is 2.24 bits per heavy atom. The average molecular weight is 318 g/mol. The van der Waals surface area contributed by atoms with Crippen LogP contribution in [0.3, 0.4) is 0 Å². The zero-order valence-corrected chi connectivity index (χ0v) is 13.2. The lowest BCUT2D eigenvalue weighted by atomic mass is 10.2. The molecule has 0 aliphatic carbocycles. The molecule has 1 aliphatic heterocycles. The second-order valence-electron chi connectivity index (χ2n) is 4.82. The van der Waals surface area contributed by atoms with Gasteiger partial charge in [-0.25, -0.2) is 0 Å². The van der Waals surface area contributed by atoms with Crippen molar-refractivity contribution in [1.82, 2.24) is 5.32 Å². The molecule has 21 heavy (non-hydrogen) atoms. The van der Waals surface area contributed by atoms with Crippen LogP contribution < -0.4 is 14.8 Å². The molecule has 0 amide bonds.